The maximum atomic E-state index is 11.2. The highest BCUT2D eigenvalue weighted by Crippen LogP contribution is 2.10. The van der Waals surface area contributed by atoms with E-state index in [4.69, 9.17) is 0 Å². The van der Waals surface area contributed by atoms with E-state index in [1.165, 1.54) is 11.8 Å². The monoisotopic (exact) mass is 265 g/mol. The molecule has 1 heterocycles. The van der Waals surface area contributed by atoms with Gasteiger partial charge in [-0.2, -0.15) is 0 Å². The molecule has 0 saturated carbocycles. The number of benzene rings is 1. The number of sulfone groups is 1. The summed E-state index contributed by atoms with van der Waals surface area (Å²) >= 11 is 0. The number of rotatable bonds is 4. The molecule has 0 saturated heterocycles. The fourth-order valence-corrected chi connectivity index (χ4v) is 2.31. The van der Waals surface area contributed by atoms with E-state index in [2.05, 4.69) is 17.2 Å². The molecule has 0 aliphatic heterocycles. The molecule has 96 valence electrons. The van der Waals surface area contributed by atoms with E-state index in [-0.39, 0.29) is 5.75 Å². The Morgan fingerprint density at radius 1 is 1.22 bits per heavy atom. The first-order chi connectivity index (χ1) is 8.48. The van der Waals surface area contributed by atoms with Crippen molar-refractivity contribution >= 4 is 9.84 Å². The zero-order valence-corrected chi connectivity index (χ0v) is 11.2. The summed E-state index contributed by atoms with van der Waals surface area (Å²) in [6, 6.07) is 7.93. The smallest absolute Gasteiger partial charge is 0.153 e. The molecule has 0 bridgehead atoms. The van der Waals surface area contributed by atoms with Crippen molar-refractivity contribution in [1.29, 1.82) is 0 Å². The lowest BCUT2D eigenvalue weighted by molar-refractivity contribution is 0.600. The third-order valence-corrected chi connectivity index (χ3v) is 3.38. The molecule has 1 aromatic heterocycles. The molecular formula is C12H15N3O2S. The van der Waals surface area contributed by atoms with Crippen molar-refractivity contribution < 1.29 is 8.42 Å². The molecular weight excluding hydrogens is 250 g/mol. The summed E-state index contributed by atoms with van der Waals surface area (Å²) < 4.78 is 23.9. The predicted octanol–water partition coefficient (Wildman–Crippen LogP) is 1.37. The standard InChI is InChI=1S/C12H15N3O2S/c1-3-10-4-6-12(7-5-10)15-8-11(13-14-15)9-18(2,16)17/h4-8H,3,9H2,1-2H3. The first-order valence-corrected chi connectivity index (χ1v) is 7.72. The Bertz CT molecular complexity index is 630. The maximum absolute atomic E-state index is 11.2. The molecule has 6 heteroatoms. The predicted molar refractivity (Wildman–Crippen MR) is 69.3 cm³/mol. The van der Waals surface area contributed by atoms with E-state index >= 15 is 0 Å². The van der Waals surface area contributed by atoms with Crippen molar-refractivity contribution in [2.45, 2.75) is 19.1 Å². The van der Waals surface area contributed by atoms with Crippen molar-refractivity contribution in [2.24, 2.45) is 0 Å². The SMILES string of the molecule is CCc1ccc(-n2cc(CS(C)(=O)=O)nn2)cc1. The molecule has 0 fully saturated rings. The van der Waals surface area contributed by atoms with Gasteiger partial charge < -0.3 is 0 Å². The van der Waals surface area contributed by atoms with E-state index in [9.17, 15) is 8.42 Å². The molecule has 0 unspecified atom stereocenters. The van der Waals surface area contributed by atoms with E-state index in [1.807, 2.05) is 24.3 Å². The summed E-state index contributed by atoms with van der Waals surface area (Å²) in [5, 5.41) is 7.78. The van der Waals surface area contributed by atoms with Gasteiger partial charge in [0, 0.05) is 6.26 Å². The molecule has 2 rings (SSSR count). The van der Waals surface area contributed by atoms with Gasteiger partial charge in [0.2, 0.25) is 0 Å². The quantitative estimate of drug-likeness (QED) is 0.837. The van der Waals surface area contributed by atoms with Crippen molar-refractivity contribution in [3.8, 4) is 5.69 Å². The molecule has 5 nitrogen and oxygen atoms in total. The van der Waals surface area contributed by atoms with Crippen LogP contribution in [0.15, 0.2) is 30.5 Å². The molecule has 2 aromatic rings. The van der Waals surface area contributed by atoms with Crippen molar-refractivity contribution in [3.05, 3.63) is 41.7 Å². The van der Waals surface area contributed by atoms with Gasteiger partial charge in [0.05, 0.1) is 23.3 Å². The van der Waals surface area contributed by atoms with Gasteiger partial charge >= 0.3 is 0 Å². The first-order valence-electron chi connectivity index (χ1n) is 5.66. The van der Waals surface area contributed by atoms with Crippen molar-refractivity contribution in [2.75, 3.05) is 6.26 Å². The van der Waals surface area contributed by atoms with Crippen molar-refractivity contribution in [3.63, 3.8) is 0 Å². The van der Waals surface area contributed by atoms with Crippen LogP contribution in [-0.2, 0) is 22.0 Å². The van der Waals surface area contributed by atoms with Crippen molar-refractivity contribution in [1.82, 2.24) is 15.0 Å². The molecule has 0 radical (unpaired) electrons. The molecule has 0 atom stereocenters. The molecule has 0 amide bonds. The molecule has 0 aliphatic carbocycles. The van der Waals surface area contributed by atoms with Crippen LogP contribution in [0.3, 0.4) is 0 Å². The number of aromatic nitrogens is 3. The zero-order valence-electron chi connectivity index (χ0n) is 10.4. The molecule has 0 aliphatic rings. The van der Waals surface area contributed by atoms with Gasteiger partial charge in [-0.1, -0.05) is 24.3 Å². The number of hydrogen-bond donors (Lipinski definition) is 0. The van der Waals surface area contributed by atoms with E-state index in [0.29, 0.717) is 5.69 Å². The van der Waals surface area contributed by atoms with E-state index in [0.717, 1.165) is 12.1 Å². The highest BCUT2D eigenvalue weighted by atomic mass is 32.2. The summed E-state index contributed by atoms with van der Waals surface area (Å²) in [6.45, 7) is 2.09. The van der Waals surface area contributed by atoms with E-state index < -0.39 is 9.84 Å². The van der Waals surface area contributed by atoms with Crippen LogP contribution in [-0.4, -0.2) is 29.7 Å². The Hall–Kier alpha value is -1.69. The Morgan fingerprint density at radius 2 is 1.89 bits per heavy atom. The third kappa shape index (κ3) is 3.16. The average Bonchev–Trinajstić information content (AvgIpc) is 2.75. The highest BCUT2D eigenvalue weighted by Gasteiger charge is 2.09. The van der Waals surface area contributed by atoms with Gasteiger partial charge in [-0.15, -0.1) is 5.10 Å². The second kappa shape index (κ2) is 4.89. The summed E-state index contributed by atoms with van der Waals surface area (Å²) in [7, 11) is -3.07. The minimum atomic E-state index is -3.07. The highest BCUT2D eigenvalue weighted by molar-refractivity contribution is 7.89. The minimum Gasteiger partial charge on any atom is -0.229 e. The average molecular weight is 265 g/mol. The van der Waals surface area contributed by atoms with Crippen LogP contribution >= 0.6 is 0 Å². The topological polar surface area (TPSA) is 64.8 Å². The lowest BCUT2D eigenvalue weighted by atomic mass is 10.1. The lowest BCUT2D eigenvalue weighted by Crippen LogP contribution is -2.00. The second-order valence-electron chi connectivity index (χ2n) is 4.24. The normalized spacial score (nSPS) is 11.7. The van der Waals surface area contributed by atoms with Gasteiger partial charge in [0.15, 0.2) is 9.84 Å². The second-order valence-corrected chi connectivity index (χ2v) is 6.38. The molecule has 0 spiro atoms. The first kappa shape index (κ1) is 12.8. The number of aryl methyl sites for hydroxylation is 1. The Labute approximate surface area is 106 Å². The summed E-state index contributed by atoms with van der Waals surface area (Å²) in [5.41, 5.74) is 2.58. The zero-order chi connectivity index (χ0) is 13.2. The van der Waals surface area contributed by atoms with Crippen LogP contribution in [0.25, 0.3) is 5.69 Å². The number of nitrogens with zero attached hydrogens (tertiary/aromatic N) is 3. The van der Waals surface area contributed by atoms with Gasteiger partial charge in [0.1, 0.15) is 0 Å². The molecule has 1 aromatic carbocycles. The van der Waals surface area contributed by atoms with E-state index in [1.54, 1.807) is 10.9 Å². The van der Waals surface area contributed by atoms with Gasteiger partial charge in [-0.3, -0.25) is 0 Å². The lowest BCUT2D eigenvalue weighted by Gasteiger charge is -2.01. The van der Waals surface area contributed by atoms with Gasteiger partial charge in [0.25, 0.3) is 0 Å². The van der Waals surface area contributed by atoms with Crippen LogP contribution in [0.1, 0.15) is 18.2 Å². The third-order valence-electron chi connectivity index (χ3n) is 2.56. The van der Waals surface area contributed by atoms with Crippen LogP contribution in [0.4, 0.5) is 0 Å². The van der Waals surface area contributed by atoms with Crippen LogP contribution in [0.2, 0.25) is 0 Å². The molecule has 0 N–H and O–H groups in total. The van der Waals surface area contributed by atoms with Crippen LogP contribution < -0.4 is 0 Å². The maximum Gasteiger partial charge on any atom is 0.153 e. The summed E-state index contributed by atoms with van der Waals surface area (Å²) in [4.78, 5) is 0. The van der Waals surface area contributed by atoms with Gasteiger partial charge in [-0.25, -0.2) is 13.1 Å². The summed E-state index contributed by atoms with van der Waals surface area (Å²) in [5.74, 6) is -0.0833. The Balaban J connectivity index is 2.23. The Morgan fingerprint density at radius 3 is 2.44 bits per heavy atom. The van der Waals surface area contributed by atoms with Gasteiger partial charge in [-0.05, 0) is 24.1 Å². The summed E-state index contributed by atoms with van der Waals surface area (Å²) in [6.07, 6.45) is 3.81. The fourth-order valence-electron chi connectivity index (χ4n) is 1.64. The van der Waals surface area contributed by atoms with Crippen LogP contribution in [0, 0.1) is 0 Å². The molecule has 18 heavy (non-hydrogen) atoms. The van der Waals surface area contributed by atoms with Crippen LogP contribution in [0.5, 0.6) is 0 Å². The minimum absolute atomic E-state index is 0.0833. The largest absolute Gasteiger partial charge is 0.229 e. The number of hydrogen-bond acceptors (Lipinski definition) is 4. The Kier molecular flexibility index (Phi) is 3.47. The fraction of sp³-hybridized carbons (Fsp3) is 0.333.